The molecule has 2 aromatic heterocycles. The van der Waals surface area contributed by atoms with Gasteiger partial charge in [-0.15, -0.1) is 0 Å². The predicted octanol–water partition coefficient (Wildman–Crippen LogP) is 3.80. The minimum atomic E-state index is -0.940. The van der Waals surface area contributed by atoms with E-state index in [-0.39, 0.29) is 24.3 Å². The Balaban J connectivity index is 1.66. The smallest absolute Gasteiger partial charge is 0.287 e. The van der Waals surface area contributed by atoms with Gasteiger partial charge in [-0.1, -0.05) is 38.0 Å². The monoisotopic (exact) mass is 474 g/mol. The van der Waals surface area contributed by atoms with Gasteiger partial charge in [0, 0.05) is 29.7 Å². The van der Waals surface area contributed by atoms with Crippen LogP contribution in [-0.2, 0) is 16.0 Å². The normalized spacial score (nSPS) is 14.3. The van der Waals surface area contributed by atoms with Crippen molar-refractivity contribution in [2.24, 2.45) is 0 Å². The molecule has 0 aliphatic heterocycles. The molecule has 0 radical (unpaired) electrons. The first-order valence-corrected chi connectivity index (χ1v) is 12.0. The van der Waals surface area contributed by atoms with Gasteiger partial charge in [0.05, 0.1) is 12.8 Å². The maximum Gasteiger partial charge on any atom is 0.287 e. The maximum absolute atomic E-state index is 13.6. The van der Waals surface area contributed by atoms with Gasteiger partial charge in [-0.2, -0.15) is 0 Å². The molecule has 1 saturated carbocycles. The van der Waals surface area contributed by atoms with Crippen LogP contribution in [-0.4, -0.2) is 35.3 Å². The molecule has 8 nitrogen and oxygen atoms in total. The summed E-state index contributed by atoms with van der Waals surface area (Å²) < 4.78 is 5.12. The molecule has 0 saturated heterocycles. The fraction of sp³-hybridized carbons (Fsp3) is 0.333. The molecule has 3 aromatic rings. The van der Waals surface area contributed by atoms with E-state index in [1.807, 2.05) is 24.3 Å². The zero-order chi connectivity index (χ0) is 24.6. The lowest BCUT2D eigenvalue weighted by Gasteiger charge is -2.32. The van der Waals surface area contributed by atoms with Crippen molar-refractivity contribution >= 4 is 23.4 Å². The van der Waals surface area contributed by atoms with Crippen LogP contribution in [0.4, 0.5) is 5.69 Å². The molecular weight excluding hydrogens is 444 g/mol. The lowest BCUT2D eigenvalue weighted by Crippen LogP contribution is -2.49. The number of carbonyl (C=O) groups excluding carboxylic acids is 3. The van der Waals surface area contributed by atoms with Crippen molar-refractivity contribution in [2.45, 2.75) is 51.1 Å². The van der Waals surface area contributed by atoms with Gasteiger partial charge in [0.25, 0.3) is 5.91 Å². The second kappa shape index (κ2) is 11.5. The minimum Gasteiger partial charge on any atom is -0.459 e. The SMILES string of the molecule is CCc1ccc(N(C(=O)CNC(=O)c2ccco2)[C@@H](C(=O)NC2CCCC2)c2cccnc2)cc1. The standard InChI is InChI=1S/C27H30N4O4/c1-2-19-11-13-22(14-12-19)31(24(32)18-29-26(33)23-10-6-16-35-23)25(20-7-5-15-28-17-20)27(34)30-21-8-3-4-9-21/h5-7,10-17,21,25H,2-4,8-9,18H2,1H3,(H,29,33)(H,30,34)/t25-/m1/s1. The van der Waals surface area contributed by atoms with E-state index in [4.69, 9.17) is 4.42 Å². The van der Waals surface area contributed by atoms with Gasteiger partial charge in [0.1, 0.15) is 6.04 Å². The molecule has 2 N–H and O–H groups in total. The Bertz CT molecular complexity index is 1120. The van der Waals surface area contributed by atoms with Gasteiger partial charge < -0.3 is 15.1 Å². The molecule has 8 heteroatoms. The molecule has 1 atom stereocenters. The van der Waals surface area contributed by atoms with Crippen LogP contribution < -0.4 is 15.5 Å². The highest BCUT2D eigenvalue weighted by molar-refractivity contribution is 6.04. The van der Waals surface area contributed by atoms with E-state index in [2.05, 4.69) is 22.5 Å². The zero-order valence-electron chi connectivity index (χ0n) is 19.8. The zero-order valence-corrected chi connectivity index (χ0v) is 19.8. The van der Waals surface area contributed by atoms with Crippen LogP contribution in [0.2, 0.25) is 0 Å². The third kappa shape index (κ3) is 5.95. The number of hydrogen-bond acceptors (Lipinski definition) is 5. The first kappa shape index (κ1) is 24.2. The third-order valence-electron chi connectivity index (χ3n) is 6.24. The number of amides is 3. The number of carbonyl (C=O) groups is 3. The molecule has 1 aromatic carbocycles. The first-order valence-electron chi connectivity index (χ1n) is 12.0. The molecule has 1 aliphatic rings. The highest BCUT2D eigenvalue weighted by Gasteiger charge is 2.34. The summed E-state index contributed by atoms with van der Waals surface area (Å²) in [7, 11) is 0. The van der Waals surface area contributed by atoms with Crippen LogP contribution >= 0.6 is 0 Å². The molecule has 0 bridgehead atoms. The van der Waals surface area contributed by atoms with Crippen molar-refractivity contribution in [3.8, 4) is 0 Å². The number of nitrogens with zero attached hydrogens (tertiary/aromatic N) is 2. The summed E-state index contributed by atoms with van der Waals surface area (Å²) in [5.41, 5.74) is 2.27. The Labute approximate surface area is 204 Å². The number of anilines is 1. The molecule has 4 rings (SSSR count). The van der Waals surface area contributed by atoms with Gasteiger partial charge in [0.2, 0.25) is 11.8 Å². The maximum atomic E-state index is 13.6. The Morgan fingerprint density at radius 2 is 1.86 bits per heavy atom. The van der Waals surface area contributed by atoms with E-state index in [9.17, 15) is 14.4 Å². The van der Waals surface area contributed by atoms with Crippen molar-refractivity contribution in [1.29, 1.82) is 0 Å². The van der Waals surface area contributed by atoms with E-state index in [0.717, 1.165) is 37.7 Å². The van der Waals surface area contributed by atoms with Crippen molar-refractivity contribution in [3.05, 3.63) is 84.1 Å². The number of pyridine rings is 1. The average Bonchev–Trinajstić information content (AvgIpc) is 3.61. The third-order valence-corrected chi connectivity index (χ3v) is 6.24. The van der Waals surface area contributed by atoms with Gasteiger partial charge in [-0.25, -0.2) is 0 Å². The second-order valence-electron chi connectivity index (χ2n) is 8.62. The number of nitrogens with one attached hydrogen (secondary N) is 2. The highest BCUT2D eigenvalue weighted by Crippen LogP contribution is 2.29. The Kier molecular flexibility index (Phi) is 7.92. The number of benzene rings is 1. The van der Waals surface area contributed by atoms with Crippen molar-refractivity contribution in [2.75, 3.05) is 11.4 Å². The molecule has 35 heavy (non-hydrogen) atoms. The quantitative estimate of drug-likeness (QED) is 0.491. The van der Waals surface area contributed by atoms with Crippen LogP contribution in [0.3, 0.4) is 0 Å². The Hall–Kier alpha value is -3.94. The number of rotatable bonds is 9. The van der Waals surface area contributed by atoms with E-state index in [0.29, 0.717) is 11.3 Å². The molecule has 1 aliphatic carbocycles. The van der Waals surface area contributed by atoms with Crippen LogP contribution in [0, 0.1) is 0 Å². The Morgan fingerprint density at radius 3 is 2.49 bits per heavy atom. The fourth-order valence-electron chi connectivity index (χ4n) is 4.37. The summed E-state index contributed by atoms with van der Waals surface area (Å²) in [6, 6.07) is 13.3. The lowest BCUT2D eigenvalue weighted by molar-refractivity contribution is -0.126. The van der Waals surface area contributed by atoms with Crippen molar-refractivity contribution in [1.82, 2.24) is 15.6 Å². The van der Waals surface area contributed by atoms with Crippen LogP contribution in [0.15, 0.2) is 71.6 Å². The van der Waals surface area contributed by atoms with Crippen molar-refractivity contribution in [3.63, 3.8) is 0 Å². The van der Waals surface area contributed by atoms with E-state index in [1.165, 1.54) is 17.2 Å². The molecule has 2 heterocycles. The summed E-state index contributed by atoms with van der Waals surface area (Å²) in [5.74, 6) is -1.09. The van der Waals surface area contributed by atoms with Crippen LogP contribution in [0.1, 0.15) is 60.3 Å². The highest BCUT2D eigenvalue weighted by atomic mass is 16.3. The fourth-order valence-corrected chi connectivity index (χ4v) is 4.37. The molecule has 1 fully saturated rings. The summed E-state index contributed by atoms with van der Waals surface area (Å²) in [5, 5.41) is 5.73. The number of aromatic nitrogens is 1. The minimum absolute atomic E-state index is 0.0831. The van der Waals surface area contributed by atoms with E-state index in [1.54, 1.807) is 30.6 Å². The van der Waals surface area contributed by atoms with E-state index >= 15 is 0 Å². The van der Waals surface area contributed by atoms with Gasteiger partial charge in [-0.3, -0.25) is 24.3 Å². The number of aryl methyl sites for hydroxylation is 1. The van der Waals surface area contributed by atoms with Crippen molar-refractivity contribution < 1.29 is 18.8 Å². The summed E-state index contributed by atoms with van der Waals surface area (Å²) in [4.78, 5) is 45.3. The van der Waals surface area contributed by atoms with E-state index < -0.39 is 17.9 Å². The largest absolute Gasteiger partial charge is 0.459 e. The molecule has 0 unspecified atom stereocenters. The summed E-state index contributed by atoms with van der Waals surface area (Å²) in [6.07, 6.45) is 9.45. The van der Waals surface area contributed by atoms with Gasteiger partial charge in [-0.05, 0) is 55.2 Å². The van der Waals surface area contributed by atoms with Gasteiger partial charge in [0.15, 0.2) is 5.76 Å². The van der Waals surface area contributed by atoms with Crippen LogP contribution in [0.5, 0.6) is 0 Å². The predicted molar refractivity (Wildman–Crippen MR) is 132 cm³/mol. The lowest BCUT2D eigenvalue weighted by atomic mass is 10.0. The van der Waals surface area contributed by atoms with Crippen LogP contribution in [0.25, 0.3) is 0 Å². The number of furan rings is 1. The molecule has 182 valence electrons. The first-order chi connectivity index (χ1) is 17.1. The summed E-state index contributed by atoms with van der Waals surface area (Å²) >= 11 is 0. The molecular formula is C27H30N4O4. The molecule has 0 spiro atoms. The topological polar surface area (TPSA) is 105 Å². The Morgan fingerprint density at radius 1 is 1.09 bits per heavy atom. The van der Waals surface area contributed by atoms with Gasteiger partial charge >= 0.3 is 0 Å². The molecule has 3 amide bonds. The summed E-state index contributed by atoms with van der Waals surface area (Å²) in [6.45, 7) is 1.75. The second-order valence-corrected chi connectivity index (χ2v) is 8.62. The average molecular weight is 475 g/mol. The number of hydrogen-bond donors (Lipinski definition) is 2.